The number of nitrogens with zero attached hydrogens (tertiary/aromatic N) is 3. The fraction of sp³-hybridized carbons (Fsp3) is 0.421. The van der Waals surface area contributed by atoms with Gasteiger partial charge in [0.25, 0.3) is 0 Å². The number of ether oxygens (including phenoxy) is 1. The van der Waals surface area contributed by atoms with Crippen molar-refractivity contribution in [1.82, 2.24) is 14.7 Å². The van der Waals surface area contributed by atoms with E-state index < -0.39 is 0 Å². The topological polar surface area (TPSA) is 64.4 Å². The molecule has 3 rings (SSSR count). The van der Waals surface area contributed by atoms with E-state index in [4.69, 9.17) is 4.74 Å². The van der Waals surface area contributed by atoms with E-state index in [1.54, 1.807) is 22.7 Å². The molecule has 2 heterocycles. The highest BCUT2D eigenvalue weighted by molar-refractivity contribution is 5.80. The molecule has 1 aliphatic heterocycles. The number of hydrogen-bond acceptors (Lipinski definition) is 4. The molecule has 1 aliphatic rings. The molecule has 0 unspecified atom stereocenters. The number of carbonyl (C=O) groups excluding carboxylic acids is 2. The molecule has 0 N–H and O–H groups in total. The van der Waals surface area contributed by atoms with E-state index in [0.717, 1.165) is 24.1 Å². The van der Waals surface area contributed by atoms with Gasteiger partial charge in [0, 0.05) is 25.5 Å². The van der Waals surface area contributed by atoms with E-state index >= 15 is 0 Å². The molecule has 0 spiro atoms. The molecule has 6 heteroatoms. The van der Waals surface area contributed by atoms with Crippen LogP contribution in [0.15, 0.2) is 42.7 Å². The van der Waals surface area contributed by atoms with Crippen molar-refractivity contribution >= 4 is 11.9 Å². The fourth-order valence-corrected chi connectivity index (χ4v) is 3.13. The molecule has 1 aromatic heterocycles. The maximum absolute atomic E-state index is 12.6. The number of carbonyl (C=O) groups is 2. The Morgan fingerprint density at radius 1 is 1.28 bits per heavy atom. The molecule has 0 radical (unpaired) electrons. The highest BCUT2D eigenvalue weighted by Gasteiger charge is 2.29. The van der Waals surface area contributed by atoms with Crippen molar-refractivity contribution in [2.24, 2.45) is 5.92 Å². The summed E-state index contributed by atoms with van der Waals surface area (Å²) in [6.07, 6.45) is 5.58. The summed E-state index contributed by atoms with van der Waals surface area (Å²) in [6, 6.07) is 9.66. The third kappa shape index (κ3) is 4.26. The van der Waals surface area contributed by atoms with E-state index in [0.29, 0.717) is 26.1 Å². The monoisotopic (exact) mass is 341 g/mol. The lowest BCUT2D eigenvalue weighted by atomic mass is 9.97. The average Bonchev–Trinajstić information content (AvgIpc) is 3.17. The van der Waals surface area contributed by atoms with Gasteiger partial charge in [-0.2, -0.15) is 5.10 Å². The smallest absolute Gasteiger partial charge is 0.310 e. The maximum atomic E-state index is 12.6. The molecule has 2 aromatic rings. The Hall–Kier alpha value is -2.63. The largest absolute Gasteiger partial charge is 0.466 e. The predicted octanol–water partition coefficient (Wildman–Crippen LogP) is 2.22. The van der Waals surface area contributed by atoms with Crippen molar-refractivity contribution < 1.29 is 14.3 Å². The first-order valence-electron chi connectivity index (χ1n) is 8.70. The summed E-state index contributed by atoms with van der Waals surface area (Å²) >= 11 is 0. The number of esters is 1. The third-order valence-electron chi connectivity index (χ3n) is 4.45. The van der Waals surface area contributed by atoms with Crippen LogP contribution in [0.1, 0.15) is 25.3 Å². The van der Waals surface area contributed by atoms with Gasteiger partial charge in [-0.15, -0.1) is 0 Å². The Bertz CT molecular complexity index is 710. The molecular weight excluding hydrogens is 318 g/mol. The Balaban J connectivity index is 1.59. The van der Waals surface area contributed by atoms with Crippen molar-refractivity contribution in [3.05, 3.63) is 48.3 Å². The summed E-state index contributed by atoms with van der Waals surface area (Å²) in [5.74, 6) is -0.329. The molecule has 6 nitrogen and oxygen atoms in total. The minimum atomic E-state index is -0.195. The molecule has 1 amide bonds. The Kier molecular flexibility index (Phi) is 5.48. The first-order valence-corrected chi connectivity index (χ1v) is 8.70. The number of aromatic nitrogens is 2. The zero-order chi connectivity index (χ0) is 17.6. The van der Waals surface area contributed by atoms with Crippen molar-refractivity contribution in [2.45, 2.75) is 26.2 Å². The van der Waals surface area contributed by atoms with Gasteiger partial charge in [-0.1, -0.05) is 12.1 Å². The first-order chi connectivity index (χ1) is 12.2. The zero-order valence-corrected chi connectivity index (χ0v) is 14.4. The quantitative estimate of drug-likeness (QED) is 0.782. The number of amides is 1. The number of rotatable bonds is 5. The van der Waals surface area contributed by atoms with Crippen LogP contribution in [0, 0.1) is 5.92 Å². The molecule has 1 aromatic carbocycles. The molecule has 132 valence electrons. The Morgan fingerprint density at radius 3 is 2.76 bits per heavy atom. The zero-order valence-electron chi connectivity index (χ0n) is 14.4. The lowest BCUT2D eigenvalue weighted by Crippen LogP contribution is -2.43. The van der Waals surface area contributed by atoms with E-state index in [1.807, 2.05) is 36.5 Å². The number of piperidine rings is 1. The molecule has 1 fully saturated rings. The summed E-state index contributed by atoms with van der Waals surface area (Å²) in [7, 11) is 0. The van der Waals surface area contributed by atoms with Gasteiger partial charge in [0.05, 0.1) is 24.6 Å². The van der Waals surface area contributed by atoms with Crippen molar-refractivity contribution in [1.29, 1.82) is 0 Å². The molecule has 1 saturated heterocycles. The minimum Gasteiger partial charge on any atom is -0.466 e. The molecule has 0 aliphatic carbocycles. The molecule has 25 heavy (non-hydrogen) atoms. The lowest BCUT2D eigenvalue weighted by molar-refractivity contribution is -0.151. The Morgan fingerprint density at radius 2 is 2.08 bits per heavy atom. The molecule has 0 bridgehead atoms. The van der Waals surface area contributed by atoms with Crippen LogP contribution in [0.3, 0.4) is 0 Å². The van der Waals surface area contributed by atoms with Crippen LogP contribution in [0.2, 0.25) is 0 Å². The highest BCUT2D eigenvalue weighted by Crippen LogP contribution is 2.19. The predicted molar refractivity (Wildman–Crippen MR) is 93.2 cm³/mol. The third-order valence-corrected chi connectivity index (χ3v) is 4.45. The SMILES string of the molecule is CCOC(=O)[C@@H]1CCCN(C(=O)Cc2ccc(-n3cccn3)cc2)C1. The summed E-state index contributed by atoms with van der Waals surface area (Å²) in [6.45, 7) is 3.35. The van der Waals surface area contributed by atoms with Crippen LogP contribution in [-0.4, -0.2) is 46.3 Å². The summed E-state index contributed by atoms with van der Waals surface area (Å²) in [4.78, 5) is 26.3. The minimum absolute atomic E-state index is 0.0563. The number of hydrogen-bond donors (Lipinski definition) is 0. The van der Waals surface area contributed by atoms with Crippen LogP contribution in [-0.2, 0) is 20.7 Å². The number of benzene rings is 1. The van der Waals surface area contributed by atoms with E-state index in [-0.39, 0.29) is 17.8 Å². The maximum Gasteiger partial charge on any atom is 0.310 e. The first kappa shape index (κ1) is 17.2. The van der Waals surface area contributed by atoms with Crippen LogP contribution >= 0.6 is 0 Å². The van der Waals surface area contributed by atoms with Gasteiger partial charge in [-0.3, -0.25) is 9.59 Å². The van der Waals surface area contributed by atoms with Crippen LogP contribution in [0.5, 0.6) is 0 Å². The second-order valence-electron chi connectivity index (χ2n) is 6.22. The van der Waals surface area contributed by atoms with E-state index in [2.05, 4.69) is 5.10 Å². The van der Waals surface area contributed by atoms with Gasteiger partial charge in [-0.25, -0.2) is 4.68 Å². The van der Waals surface area contributed by atoms with Gasteiger partial charge in [0.15, 0.2) is 0 Å². The standard InChI is InChI=1S/C19H23N3O3/c1-2-25-19(24)16-5-3-11-21(14-16)18(23)13-15-6-8-17(9-7-15)22-12-4-10-20-22/h4,6-10,12,16H,2-3,5,11,13-14H2,1H3/t16-/m1/s1. The molecule has 1 atom stereocenters. The summed E-state index contributed by atoms with van der Waals surface area (Å²) < 4.78 is 6.87. The van der Waals surface area contributed by atoms with Crippen LogP contribution in [0.25, 0.3) is 5.69 Å². The van der Waals surface area contributed by atoms with Gasteiger partial charge >= 0.3 is 5.97 Å². The molecule has 0 saturated carbocycles. The molecular formula is C19H23N3O3. The van der Waals surface area contributed by atoms with E-state index in [1.165, 1.54) is 0 Å². The van der Waals surface area contributed by atoms with Gasteiger partial charge in [-0.05, 0) is 43.5 Å². The number of likely N-dealkylation sites (tertiary alicyclic amines) is 1. The second kappa shape index (κ2) is 7.96. The van der Waals surface area contributed by atoms with Crippen LogP contribution < -0.4 is 0 Å². The Labute approximate surface area is 147 Å². The normalized spacial score (nSPS) is 17.3. The van der Waals surface area contributed by atoms with Crippen molar-refractivity contribution in [2.75, 3.05) is 19.7 Å². The summed E-state index contributed by atoms with van der Waals surface area (Å²) in [5, 5.41) is 4.19. The van der Waals surface area contributed by atoms with Gasteiger partial charge in [0.2, 0.25) is 5.91 Å². The average molecular weight is 341 g/mol. The highest BCUT2D eigenvalue weighted by atomic mass is 16.5. The lowest BCUT2D eigenvalue weighted by Gasteiger charge is -2.31. The van der Waals surface area contributed by atoms with Crippen molar-refractivity contribution in [3.63, 3.8) is 0 Å². The second-order valence-corrected chi connectivity index (χ2v) is 6.22. The van der Waals surface area contributed by atoms with Crippen molar-refractivity contribution in [3.8, 4) is 5.69 Å². The van der Waals surface area contributed by atoms with Crippen LogP contribution in [0.4, 0.5) is 0 Å². The van der Waals surface area contributed by atoms with Gasteiger partial charge < -0.3 is 9.64 Å². The summed E-state index contributed by atoms with van der Waals surface area (Å²) in [5.41, 5.74) is 1.92. The van der Waals surface area contributed by atoms with Gasteiger partial charge in [0.1, 0.15) is 0 Å². The van der Waals surface area contributed by atoms with E-state index in [9.17, 15) is 9.59 Å². The fourth-order valence-electron chi connectivity index (χ4n) is 3.13.